The Bertz CT molecular complexity index is 424. The number of benzene rings is 1. The maximum absolute atomic E-state index is 10.4. The van der Waals surface area contributed by atoms with Gasteiger partial charge in [-0.2, -0.15) is 0 Å². The lowest BCUT2D eigenvalue weighted by Crippen LogP contribution is -2.00. The van der Waals surface area contributed by atoms with Crippen molar-refractivity contribution in [2.75, 3.05) is 0 Å². The average molecular weight is 292 g/mol. The Morgan fingerprint density at radius 1 is 0.667 bits per heavy atom. The summed E-state index contributed by atoms with van der Waals surface area (Å²) >= 11 is 0. The van der Waals surface area contributed by atoms with Crippen molar-refractivity contribution >= 4 is 0 Å². The van der Waals surface area contributed by atoms with Gasteiger partial charge in [0.15, 0.2) is 11.5 Å². The van der Waals surface area contributed by atoms with E-state index in [0.717, 1.165) is 62.5 Å². The van der Waals surface area contributed by atoms with Crippen molar-refractivity contribution in [1.29, 1.82) is 0 Å². The molecule has 2 heteroatoms. The molecule has 2 N–H and O–H groups in total. The summed E-state index contributed by atoms with van der Waals surface area (Å²) < 4.78 is 0. The normalized spacial score (nSPS) is 11.0. The molecule has 0 saturated carbocycles. The summed E-state index contributed by atoms with van der Waals surface area (Å²) in [5.41, 5.74) is 3.14. The molecule has 1 aromatic carbocycles. The highest BCUT2D eigenvalue weighted by atomic mass is 16.3. The third kappa shape index (κ3) is 5.26. The van der Waals surface area contributed by atoms with Crippen LogP contribution in [0.25, 0.3) is 0 Å². The predicted octanol–water partition coefficient (Wildman–Crippen LogP) is 5.52. The quantitative estimate of drug-likeness (QED) is 0.440. The van der Waals surface area contributed by atoms with Crippen LogP contribution in [0.1, 0.15) is 82.4 Å². The average Bonchev–Trinajstić information content (AvgIpc) is 2.49. The van der Waals surface area contributed by atoms with Crippen molar-refractivity contribution in [3.63, 3.8) is 0 Å². The lowest BCUT2D eigenvalue weighted by molar-refractivity contribution is 0.393. The van der Waals surface area contributed by atoms with Gasteiger partial charge < -0.3 is 10.2 Å². The molecule has 0 unspecified atom stereocenters. The van der Waals surface area contributed by atoms with Gasteiger partial charge in [-0.15, -0.1) is 0 Å². The van der Waals surface area contributed by atoms with Gasteiger partial charge in [-0.3, -0.25) is 0 Å². The molecule has 0 fully saturated rings. The molecule has 0 aliphatic heterocycles. The fourth-order valence-corrected chi connectivity index (χ4v) is 2.79. The number of aromatic hydroxyl groups is 2. The van der Waals surface area contributed by atoms with E-state index < -0.39 is 0 Å². The van der Waals surface area contributed by atoms with Crippen LogP contribution in [0.3, 0.4) is 0 Å². The first-order valence-corrected chi connectivity index (χ1v) is 8.71. The van der Waals surface area contributed by atoms with Crippen LogP contribution in [0.15, 0.2) is 6.07 Å². The minimum atomic E-state index is 0.123. The third-order valence-corrected chi connectivity index (χ3v) is 4.18. The maximum Gasteiger partial charge on any atom is 0.161 e. The topological polar surface area (TPSA) is 40.5 Å². The molecular weight excluding hydrogens is 260 g/mol. The second-order valence-corrected chi connectivity index (χ2v) is 6.03. The smallest absolute Gasteiger partial charge is 0.161 e. The minimum Gasteiger partial charge on any atom is -0.504 e. The number of unbranched alkanes of at least 4 members (excludes halogenated alkanes) is 4. The van der Waals surface area contributed by atoms with E-state index in [-0.39, 0.29) is 11.5 Å². The molecule has 0 spiro atoms. The van der Waals surface area contributed by atoms with Crippen molar-refractivity contribution in [1.82, 2.24) is 0 Å². The Morgan fingerprint density at radius 3 is 1.86 bits per heavy atom. The molecule has 0 radical (unpaired) electrons. The van der Waals surface area contributed by atoms with E-state index in [0.29, 0.717) is 0 Å². The van der Waals surface area contributed by atoms with Crippen LogP contribution in [0.2, 0.25) is 0 Å². The molecular formula is C19H32O2. The second kappa shape index (κ2) is 9.70. The highest BCUT2D eigenvalue weighted by Crippen LogP contribution is 2.37. The van der Waals surface area contributed by atoms with E-state index in [1.54, 1.807) is 0 Å². The standard InChI is InChI=1S/C19H32O2/c1-4-7-10-12-16-14-15(11-8-5-2)17(13-9-6-3)19(21)18(16)20/h14,20-21H,4-13H2,1-3H3. The van der Waals surface area contributed by atoms with Crippen molar-refractivity contribution < 1.29 is 10.2 Å². The van der Waals surface area contributed by atoms with Gasteiger partial charge in [0.1, 0.15) is 0 Å². The van der Waals surface area contributed by atoms with Gasteiger partial charge in [0.2, 0.25) is 0 Å². The number of phenolic OH excluding ortho intramolecular Hbond substituents is 2. The summed E-state index contributed by atoms with van der Waals surface area (Å²) in [5, 5.41) is 20.7. The third-order valence-electron chi connectivity index (χ3n) is 4.18. The van der Waals surface area contributed by atoms with Crippen LogP contribution >= 0.6 is 0 Å². The van der Waals surface area contributed by atoms with Gasteiger partial charge in [0, 0.05) is 5.56 Å². The fraction of sp³-hybridized carbons (Fsp3) is 0.684. The molecule has 120 valence electrons. The lowest BCUT2D eigenvalue weighted by Gasteiger charge is -2.16. The zero-order valence-corrected chi connectivity index (χ0v) is 14.0. The molecule has 0 heterocycles. The summed E-state index contributed by atoms with van der Waals surface area (Å²) in [6, 6.07) is 2.14. The summed E-state index contributed by atoms with van der Waals surface area (Å²) in [7, 11) is 0. The largest absolute Gasteiger partial charge is 0.504 e. The molecule has 0 aromatic heterocycles. The Balaban J connectivity index is 3.02. The molecule has 2 nitrogen and oxygen atoms in total. The van der Waals surface area contributed by atoms with Crippen LogP contribution in [0, 0.1) is 0 Å². The number of hydrogen-bond acceptors (Lipinski definition) is 2. The monoisotopic (exact) mass is 292 g/mol. The van der Waals surface area contributed by atoms with Crippen molar-refractivity contribution in [2.45, 2.75) is 85.0 Å². The minimum absolute atomic E-state index is 0.123. The highest BCUT2D eigenvalue weighted by molar-refractivity contribution is 5.54. The molecule has 0 aliphatic rings. The van der Waals surface area contributed by atoms with Gasteiger partial charge >= 0.3 is 0 Å². The molecule has 21 heavy (non-hydrogen) atoms. The van der Waals surface area contributed by atoms with E-state index in [2.05, 4.69) is 26.8 Å². The molecule has 0 amide bonds. The summed E-state index contributed by atoms with van der Waals surface area (Å²) in [4.78, 5) is 0. The lowest BCUT2D eigenvalue weighted by atomic mass is 9.92. The van der Waals surface area contributed by atoms with Gasteiger partial charge in [-0.25, -0.2) is 0 Å². The number of rotatable bonds is 10. The van der Waals surface area contributed by atoms with Crippen molar-refractivity contribution in [2.24, 2.45) is 0 Å². The van der Waals surface area contributed by atoms with Crippen molar-refractivity contribution in [3.8, 4) is 11.5 Å². The van der Waals surface area contributed by atoms with Crippen molar-refractivity contribution in [3.05, 3.63) is 22.8 Å². The van der Waals surface area contributed by atoms with Crippen LogP contribution in [0.4, 0.5) is 0 Å². The molecule has 0 saturated heterocycles. The zero-order valence-electron chi connectivity index (χ0n) is 14.0. The molecule has 0 bridgehead atoms. The molecule has 0 atom stereocenters. The Hall–Kier alpha value is -1.18. The number of aryl methyl sites for hydroxylation is 2. The first kappa shape index (κ1) is 17.9. The summed E-state index contributed by atoms with van der Waals surface area (Å²) in [6.45, 7) is 6.52. The van der Waals surface area contributed by atoms with Gasteiger partial charge in [0.05, 0.1) is 0 Å². The SMILES string of the molecule is CCCCCc1cc(CCCC)c(CCCC)c(O)c1O. The maximum atomic E-state index is 10.4. The first-order chi connectivity index (χ1) is 10.2. The van der Waals surface area contributed by atoms with E-state index >= 15 is 0 Å². The Labute approximate surface area is 130 Å². The van der Waals surface area contributed by atoms with Crippen LogP contribution in [-0.2, 0) is 19.3 Å². The number of phenols is 2. The van der Waals surface area contributed by atoms with E-state index in [1.165, 1.54) is 18.4 Å². The summed E-state index contributed by atoms with van der Waals surface area (Å²) in [5.74, 6) is 0.265. The number of hydrogen-bond donors (Lipinski definition) is 2. The van der Waals surface area contributed by atoms with E-state index in [9.17, 15) is 10.2 Å². The van der Waals surface area contributed by atoms with E-state index in [1.807, 2.05) is 0 Å². The molecule has 1 rings (SSSR count). The van der Waals surface area contributed by atoms with Crippen LogP contribution < -0.4 is 0 Å². The van der Waals surface area contributed by atoms with Gasteiger partial charge in [-0.1, -0.05) is 52.5 Å². The molecule has 0 aliphatic carbocycles. The fourth-order valence-electron chi connectivity index (χ4n) is 2.79. The highest BCUT2D eigenvalue weighted by Gasteiger charge is 2.16. The van der Waals surface area contributed by atoms with Gasteiger partial charge in [0.25, 0.3) is 0 Å². The van der Waals surface area contributed by atoms with Gasteiger partial charge in [-0.05, 0) is 49.7 Å². The van der Waals surface area contributed by atoms with Crippen LogP contribution in [0.5, 0.6) is 11.5 Å². The predicted molar refractivity (Wildman–Crippen MR) is 90.2 cm³/mol. The second-order valence-electron chi connectivity index (χ2n) is 6.03. The molecule has 1 aromatic rings. The Kier molecular flexibility index (Phi) is 8.26. The summed E-state index contributed by atoms with van der Waals surface area (Å²) in [6.07, 6.45) is 10.6. The zero-order chi connectivity index (χ0) is 15.7. The Morgan fingerprint density at radius 2 is 1.24 bits per heavy atom. The van der Waals surface area contributed by atoms with E-state index in [4.69, 9.17) is 0 Å². The van der Waals surface area contributed by atoms with Crippen LogP contribution in [-0.4, -0.2) is 10.2 Å². The first-order valence-electron chi connectivity index (χ1n) is 8.71.